The number of nitrogens with one attached hydrogen (secondary N) is 1. The summed E-state index contributed by atoms with van der Waals surface area (Å²) < 4.78 is 0. The highest BCUT2D eigenvalue weighted by molar-refractivity contribution is 6.42. The van der Waals surface area contributed by atoms with Crippen LogP contribution >= 0.6 is 23.2 Å². The first-order chi connectivity index (χ1) is 15.4. The van der Waals surface area contributed by atoms with Crippen LogP contribution in [0.3, 0.4) is 0 Å². The average molecular weight is 468 g/mol. The highest BCUT2D eigenvalue weighted by Crippen LogP contribution is 2.38. The fourth-order valence-electron chi connectivity index (χ4n) is 3.58. The number of amides is 2. The first-order valence-electron chi connectivity index (χ1n) is 10.4. The molecule has 164 valence electrons. The number of hydrogen-bond acceptors (Lipinski definition) is 3. The smallest absolute Gasteiger partial charge is 0.254 e. The number of pyridine rings is 1. The second-order valence-electron chi connectivity index (χ2n) is 8.12. The maximum atomic E-state index is 13.5. The maximum Gasteiger partial charge on any atom is 0.254 e. The molecule has 1 fully saturated rings. The minimum atomic E-state index is -0.169. The van der Waals surface area contributed by atoms with Gasteiger partial charge in [0.25, 0.3) is 5.91 Å². The number of benzene rings is 2. The molecule has 0 radical (unpaired) electrons. The van der Waals surface area contributed by atoms with E-state index in [9.17, 15) is 9.59 Å². The molecule has 0 spiro atoms. The number of aromatic nitrogens is 1. The van der Waals surface area contributed by atoms with Crippen molar-refractivity contribution in [3.63, 3.8) is 0 Å². The number of hydrogen-bond donors (Lipinski definition) is 1. The number of carbonyl (C=O) groups excluding carboxylic acids is 2. The van der Waals surface area contributed by atoms with E-state index in [1.54, 1.807) is 47.5 Å². The molecule has 4 rings (SSSR count). The Morgan fingerprint density at radius 3 is 2.53 bits per heavy atom. The third kappa shape index (κ3) is 5.47. The molecule has 1 aliphatic rings. The van der Waals surface area contributed by atoms with E-state index in [0.29, 0.717) is 40.3 Å². The van der Waals surface area contributed by atoms with Gasteiger partial charge in [-0.15, -0.1) is 0 Å². The van der Waals surface area contributed by atoms with Gasteiger partial charge in [0, 0.05) is 29.9 Å². The van der Waals surface area contributed by atoms with Gasteiger partial charge in [0.1, 0.15) is 0 Å². The summed E-state index contributed by atoms with van der Waals surface area (Å²) in [5.74, 6) is 0.311. The summed E-state index contributed by atoms with van der Waals surface area (Å²) in [4.78, 5) is 31.8. The van der Waals surface area contributed by atoms with Gasteiger partial charge in [0.15, 0.2) is 0 Å². The molecule has 1 aliphatic carbocycles. The van der Waals surface area contributed by atoms with Gasteiger partial charge in [-0.3, -0.25) is 14.6 Å². The van der Waals surface area contributed by atoms with Crippen LogP contribution in [0.2, 0.25) is 10.0 Å². The minimum Gasteiger partial charge on any atom is -0.328 e. The Labute approximate surface area is 197 Å². The van der Waals surface area contributed by atoms with E-state index in [4.69, 9.17) is 23.2 Å². The highest BCUT2D eigenvalue weighted by Gasteiger charge is 2.39. The van der Waals surface area contributed by atoms with Crippen molar-refractivity contribution in [2.75, 3.05) is 5.32 Å². The second kappa shape index (κ2) is 9.72. The van der Waals surface area contributed by atoms with Crippen LogP contribution in [0, 0.1) is 11.8 Å². The monoisotopic (exact) mass is 467 g/mol. The number of halogens is 2. The molecule has 0 aliphatic heterocycles. The van der Waals surface area contributed by atoms with Gasteiger partial charge >= 0.3 is 0 Å². The lowest BCUT2D eigenvalue weighted by Gasteiger charge is -2.23. The van der Waals surface area contributed by atoms with Crippen LogP contribution in [-0.2, 0) is 17.9 Å². The molecule has 2 aromatic carbocycles. The van der Waals surface area contributed by atoms with Crippen molar-refractivity contribution in [1.29, 1.82) is 0 Å². The SMILES string of the molecule is CC1CC1C(=O)Nc1cccc(C(=O)N(Cc2ccc(Cl)c(Cl)c2)Cc2ccccn2)c1. The van der Waals surface area contributed by atoms with Crippen molar-refractivity contribution in [2.45, 2.75) is 26.4 Å². The molecule has 2 amide bonds. The maximum absolute atomic E-state index is 13.5. The highest BCUT2D eigenvalue weighted by atomic mass is 35.5. The van der Waals surface area contributed by atoms with Crippen LogP contribution < -0.4 is 5.32 Å². The Bertz CT molecular complexity index is 1140. The molecule has 1 saturated carbocycles. The average Bonchev–Trinajstić information content (AvgIpc) is 3.53. The van der Waals surface area contributed by atoms with E-state index in [0.717, 1.165) is 17.7 Å². The summed E-state index contributed by atoms with van der Waals surface area (Å²) in [7, 11) is 0. The molecule has 3 aromatic rings. The van der Waals surface area contributed by atoms with E-state index in [1.807, 2.05) is 24.3 Å². The van der Waals surface area contributed by atoms with Crippen molar-refractivity contribution < 1.29 is 9.59 Å². The Morgan fingerprint density at radius 2 is 1.84 bits per heavy atom. The van der Waals surface area contributed by atoms with Gasteiger partial charge in [0.05, 0.1) is 22.3 Å². The van der Waals surface area contributed by atoms with E-state index in [2.05, 4.69) is 17.2 Å². The third-order valence-electron chi connectivity index (χ3n) is 5.55. The zero-order chi connectivity index (χ0) is 22.7. The molecule has 1 N–H and O–H groups in total. The molecular formula is C25H23Cl2N3O2. The van der Waals surface area contributed by atoms with Crippen LogP contribution in [0.5, 0.6) is 0 Å². The van der Waals surface area contributed by atoms with E-state index in [1.165, 1.54) is 0 Å². The number of anilines is 1. The lowest BCUT2D eigenvalue weighted by atomic mass is 10.1. The molecule has 0 saturated heterocycles. The van der Waals surface area contributed by atoms with Gasteiger partial charge in [-0.2, -0.15) is 0 Å². The van der Waals surface area contributed by atoms with Crippen molar-refractivity contribution in [3.05, 3.63) is 93.7 Å². The molecule has 1 heterocycles. The standard InChI is InChI=1S/C25H23Cl2N3O2/c1-16-11-21(16)24(31)29-19-7-4-5-18(13-19)25(32)30(15-20-6-2-3-10-28-20)14-17-8-9-22(26)23(27)12-17/h2-10,12-13,16,21H,11,14-15H2,1H3,(H,29,31). The van der Waals surface area contributed by atoms with Crippen molar-refractivity contribution in [1.82, 2.24) is 9.88 Å². The minimum absolute atomic E-state index is 0.00301. The number of carbonyl (C=O) groups is 2. The molecule has 1 aromatic heterocycles. The Hall–Kier alpha value is -2.89. The van der Waals surface area contributed by atoms with E-state index < -0.39 is 0 Å². The van der Waals surface area contributed by atoms with Crippen LogP contribution in [0.1, 0.15) is 35.0 Å². The number of rotatable bonds is 7. The van der Waals surface area contributed by atoms with Crippen LogP contribution in [0.25, 0.3) is 0 Å². The van der Waals surface area contributed by atoms with Crippen molar-refractivity contribution >= 4 is 40.7 Å². The van der Waals surface area contributed by atoms with Crippen molar-refractivity contribution in [3.8, 4) is 0 Å². The van der Waals surface area contributed by atoms with Gasteiger partial charge < -0.3 is 10.2 Å². The summed E-state index contributed by atoms with van der Waals surface area (Å²) in [6.45, 7) is 2.72. The summed E-state index contributed by atoms with van der Waals surface area (Å²) in [5, 5.41) is 3.83. The fourth-order valence-corrected chi connectivity index (χ4v) is 3.90. The number of nitrogens with zero attached hydrogens (tertiary/aromatic N) is 2. The molecule has 7 heteroatoms. The molecule has 0 bridgehead atoms. The fraction of sp³-hybridized carbons (Fsp3) is 0.240. The lowest BCUT2D eigenvalue weighted by Crippen LogP contribution is -2.30. The van der Waals surface area contributed by atoms with E-state index >= 15 is 0 Å². The van der Waals surface area contributed by atoms with Gasteiger partial charge in [-0.05, 0) is 60.4 Å². The third-order valence-corrected chi connectivity index (χ3v) is 6.29. The van der Waals surface area contributed by atoms with Crippen molar-refractivity contribution in [2.24, 2.45) is 11.8 Å². The second-order valence-corrected chi connectivity index (χ2v) is 8.93. The van der Waals surface area contributed by atoms with Crippen LogP contribution in [-0.4, -0.2) is 21.7 Å². The molecular weight excluding hydrogens is 445 g/mol. The summed E-state index contributed by atoms with van der Waals surface area (Å²) in [6.07, 6.45) is 2.61. The largest absolute Gasteiger partial charge is 0.328 e. The summed E-state index contributed by atoms with van der Waals surface area (Å²) >= 11 is 12.2. The zero-order valence-corrected chi connectivity index (χ0v) is 19.1. The topological polar surface area (TPSA) is 62.3 Å². The summed E-state index contributed by atoms with van der Waals surface area (Å²) in [5.41, 5.74) is 2.74. The van der Waals surface area contributed by atoms with E-state index in [-0.39, 0.29) is 17.7 Å². The predicted molar refractivity (Wildman–Crippen MR) is 127 cm³/mol. The molecule has 5 nitrogen and oxygen atoms in total. The quantitative estimate of drug-likeness (QED) is 0.475. The lowest BCUT2D eigenvalue weighted by molar-refractivity contribution is -0.117. The first kappa shape index (κ1) is 22.3. The Kier molecular flexibility index (Phi) is 6.77. The van der Waals surface area contributed by atoms with Crippen LogP contribution in [0.15, 0.2) is 66.9 Å². The Morgan fingerprint density at radius 1 is 1.03 bits per heavy atom. The molecule has 2 unspecified atom stereocenters. The summed E-state index contributed by atoms with van der Waals surface area (Å²) in [6, 6.07) is 18.0. The van der Waals surface area contributed by atoms with Gasteiger partial charge in [-0.1, -0.05) is 48.3 Å². The Balaban J connectivity index is 1.56. The first-order valence-corrected chi connectivity index (χ1v) is 11.2. The predicted octanol–water partition coefficient (Wildman–Crippen LogP) is 5.83. The van der Waals surface area contributed by atoms with Gasteiger partial charge in [-0.25, -0.2) is 0 Å². The normalized spacial score (nSPS) is 17.0. The van der Waals surface area contributed by atoms with Gasteiger partial charge in [0.2, 0.25) is 5.91 Å². The van der Waals surface area contributed by atoms with Crippen LogP contribution in [0.4, 0.5) is 5.69 Å². The molecule has 2 atom stereocenters. The zero-order valence-electron chi connectivity index (χ0n) is 17.6. The molecule has 32 heavy (non-hydrogen) atoms.